The number of aromatic nitrogens is 2. The molecule has 8 nitrogen and oxygen atoms in total. The van der Waals surface area contributed by atoms with E-state index in [1.54, 1.807) is 6.34 Å². The lowest BCUT2D eigenvalue weighted by Gasteiger charge is -2.36. The Morgan fingerprint density at radius 3 is 2.69 bits per heavy atom. The minimum Gasteiger partial charge on any atom is -0.458 e. The van der Waals surface area contributed by atoms with Gasteiger partial charge in [-0.25, -0.2) is 19.8 Å². The first-order chi connectivity index (χ1) is 16.7. The Labute approximate surface area is 211 Å². The monoisotopic (exact) mass is 496 g/mol. The Kier molecular flexibility index (Phi) is 6.34. The van der Waals surface area contributed by atoms with E-state index < -0.39 is 11.6 Å². The van der Waals surface area contributed by atoms with Crippen LogP contribution in [0, 0.1) is 6.92 Å². The van der Waals surface area contributed by atoms with Gasteiger partial charge in [-0.1, -0.05) is 11.6 Å². The van der Waals surface area contributed by atoms with Gasteiger partial charge in [-0.15, -0.1) is 0 Å². The van der Waals surface area contributed by atoms with Gasteiger partial charge in [0.2, 0.25) is 0 Å². The number of hydrogen-bond donors (Lipinski definition) is 1. The van der Waals surface area contributed by atoms with E-state index in [1.807, 2.05) is 57.1 Å². The zero-order chi connectivity index (χ0) is 24.7. The predicted octanol–water partition coefficient (Wildman–Crippen LogP) is 4.66. The van der Waals surface area contributed by atoms with Crippen LogP contribution in [0.25, 0.3) is 0 Å². The molecular formula is C26H33ClN6O2. The molecular weight excluding hydrogens is 464 g/mol. The summed E-state index contributed by atoms with van der Waals surface area (Å²) in [7, 11) is 0. The van der Waals surface area contributed by atoms with E-state index in [0.29, 0.717) is 18.8 Å². The number of ether oxygens (including phenoxy) is 1. The molecule has 2 aliphatic carbocycles. The smallest absolute Gasteiger partial charge is 0.334 e. The molecule has 0 amide bonds. The number of aryl methyl sites for hydroxylation is 1. The number of halogens is 1. The molecule has 1 aromatic heterocycles. The number of nitrogens with one attached hydrogen (secondary N) is 1. The van der Waals surface area contributed by atoms with E-state index in [9.17, 15) is 4.79 Å². The van der Waals surface area contributed by atoms with Gasteiger partial charge < -0.3 is 10.1 Å². The summed E-state index contributed by atoms with van der Waals surface area (Å²) in [4.78, 5) is 24.3. The normalized spacial score (nSPS) is 26.4. The summed E-state index contributed by atoms with van der Waals surface area (Å²) in [5, 5.41) is 11.0. The number of hydrogen-bond acceptors (Lipinski definition) is 8. The fourth-order valence-corrected chi connectivity index (χ4v) is 5.54. The molecule has 1 N–H and O–H groups in total. The average molecular weight is 497 g/mol. The molecule has 1 aromatic rings. The highest BCUT2D eigenvalue weighted by molar-refractivity contribution is 6.29. The zero-order valence-corrected chi connectivity index (χ0v) is 21.5. The maximum absolute atomic E-state index is 13.5. The van der Waals surface area contributed by atoms with Crippen LogP contribution in [0.1, 0.15) is 76.7 Å². The molecule has 9 heteroatoms. The minimum absolute atomic E-state index is 0.247. The highest BCUT2D eigenvalue weighted by Crippen LogP contribution is 2.39. The van der Waals surface area contributed by atoms with Crippen LogP contribution in [0.2, 0.25) is 0 Å². The van der Waals surface area contributed by atoms with Crippen molar-refractivity contribution in [2.75, 3.05) is 0 Å². The van der Waals surface area contributed by atoms with Crippen molar-refractivity contribution in [3.63, 3.8) is 0 Å². The van der Waals surface area contributed by atoms with Crippen LogP contribution in [0.4, 0.5) is 0 Å². The molecule has 4 aliphatic rings. The lowest BCUT2D eigenvalue weighted by molar-refractivity contribution is -0.158. The molecule has 1 saturated carbocycles. The summed E-state index contributed by atoms with van der Waals surface area (Å²) in [5.41, 5.74) is 2.39. The van der Waals surface area contributed by atoms with Crippen molar-refractivity contribution in [1.82, 2.24) is 25.2 Å². The number of nitrogens with zero attached hydrogens (tertiary/aromatic N) is 5. The van der Waals surface area contributed by atoms with Gasteiger partial charge in [0.05, 0.1) is 6.04 Å². The molecule has 0 spiro atoms. The molecule has 35 heavy (non-hydrogen) atoms. The molecule has 0 aromatic carbocycles. The lowest BCUT2D eigenvalue weighted by atomic mass is 9.83. The SMILES string of the molecule is Cc1nccc(C2CCC(N3N=CN4C3=CNC3=C(CCC(Cl)=C3)C4C(=O)OC(C)(C)C)CC2)n1. The second-order valence-electron chi connectivity index (χ2n) is 10.6. The van der Waals surface area contributed by atoms with Gasteiger partial charge in [0.15, 0.2) is 6.04 Å². The van der Waals surface area contributed by atoms with Gasteiger partial charge in [0.25, 0.3) is 0 Å². The van der Waals surface area contributed by atoms with Crippen LogP contribution in [0.3, 0.4) is 0 Å². The van der Waals surface area contributed by atoms with Crippen molar-refractivity contribution in [3.8, 4) is 0 Å². The van der Waals surface area contributed by atoms with E-state index >= 15 is 0 Å². The number of esters is 1. The molecule has 1 atom stereocenters. The number of carbonyl (C=O) groups is 1. The van der Waals surface area contributed by atoms with E-state index in [4.69, 9.17) is 21.4 Å². The van der Waals surface area contributed by atoms with Crippen LogP contribution >= 0.6 is 11.6 Å². The van der Waals surface area contributed by atoms with Crippen molar-refractivity contribution in [1.29, 1.82) is 0 Å². The lowest BCUT2D eigenvalue weighted by Crippen LogP contribution is -2.45. The second-order valence-corrected chi connectivity index (χ2v) is 11.1. The first-order valence-corrected chi connectivity index (χ1v) is 12.8. The Morgan fingerprint density at radius 2 is 1.97 bits per heavy atom. The first-order valence-electron chi connectivity index (χ1n) is 12.4. The van der Waals surface area contributed by atoms with Crippen LogP contribution in [0.5, 0.6) is 0 Å². The summed E-state index contributed by atoms with van der Waals surface area (Å²) in [6.45, 7) is 7.62. The Hall–Kier alpha value is -2.87. The molecule has 186 valence electrons. The van der Waals surface area contributed by atoms with Crippen LogP contribution in [-0.2, 0) is 9.53 Å². The molecule has 1 fully saturated rings. The first kappa shape index (κ1) is 23.9. The summed E-state index contributed by atoms with van der Waals surface area (Å²) in [6, 6.07) is 1.70. The topological polar surface area (TPSA) is 83.0 Å². The van der Waals surface area contributed by atoms with Crippen molar-refractivity contribution in [2.24, 2.45) is 5.10 Å². The Bertz CT molecular complexity index is 1130. The third-order valence-electron chi connectivity index (χ3n) is 6.93. The van der Waals surface area contributed by atoms with Crippen LogP contribution < -0.4 is 5.32 Å². The third kappa shape index (κ3) is 4.94. The standard InChI is InChI=1S/C26H33ClN6O2/c1-16-28-12-11-21(31-16)17-5-8-19(9-6-17)33-23-14-29-22-13-18(27)7-10-20(22)24(32(23)15-30-33)25(34)35-26(2,3)4/h11-15,17,19,24,29H,5-10H2,1-4H3. The maximum Gasteiger partial charge on any atom is 0.334 e. The molecule has 0 saturated heterocycles. The maximum atomic E-state index is 13.5. The number of allylic oxidation sites excluding steroid dienone is 2. The minimum atomic E-state index is -0.585. The van der Waals surface area contributed by atoms with Gasteiger partial charge in [-0.3, -0.25) is 4.90 Å². The van der Waals surface area contributed by atoms with Gasteiger partial charge in [0, 0.05) is 34.7 Å². The van der Waals surface area contributed by atoms with Crippen LogP contribution in [0.15, 0.2) is 51.8 Å². The van der Waals surface area contributed by atoms with E-state index in [1.165, 1.54) is 0 Å². The quantitative estimate of drug-likeness (QED) is 0.609. The highest BCUT2D eigenvalue weighted by atomic mass is 35.5. The molecule has 0 bridgehead atoms. The van der Waals surface area contributed by atoms with Crippen molar-refractivity contribution in [3.05, 3.63) is 58.2 Å². The molecule has 1 unspecified atom stereocenters. The number of hydrazone groups is 1. The Morgan fingerprint density at radius 1 is 1.20 bits per heavy atom. The van der Waals surface area contributed by atoms with Gasteiger partial charge in [0.1, 0.15) is 23.6 Å². The van der Waals surface area contributed by atoms with E-state index in [0.717, 1.165) is 59.3 Å². The fourth-order valence-electron chi connectivity index (χ4n) is 5.34. The summed E-state index contributed by atoms with van der Waals surface area (Å²) >= 11 is 6.36. The number of carbonyl (C=O) groups excluding carboxylic acids is 1. The summed E-state index contributed by atoms with van der Waals surface area (Å²) in [6.07, 6.45) is 12.9. The highest BCUT2D eigenvalue weighted by Gasteiger charge is 2.43. The predicted molar refractivity (Wildman–Crippen MR) is 135 cm³/mol. The van der Waals surface area contributed by atoms with Gasteiger partial charge in [-0.2, -0.15) is 5.10 Å². The number of fused-ring (bicyclic) bond motifs is 1. The number of rotatable bonds is 3. The van der Waals surface area contributed by atoms with Gasteiger partial charge >= 0.3 is 5.97 Å². The molecule has 0 radical (unpaired) electrons. The van der Waals surface area contributed by atoms with Crippen molar-refractivity contribution < 1.29 is 9.53 Å². The third-order valence-corrected chi connectivity index (χ3v) is 7.23. The van der Waals surface area contributed by atoms with Crippen LogP contribution in [-0.4, -0.2) is 49.9 Å². The summed E-state index contributed by atoms with van der Waals surface area (Å²) < 4.78 is 5.85. The van der Waals surface area contributed by atoms with E-state index in [2.05, 4.69) is 20.3 Å². The second kappa shape index (κ2) is 9.30. The van der Waals surface area contributed by atoms with Crippen molar-refractivity contribution in [2.45, 2.75) is 89.8 Å². The summed E-state index contributed by atoms with van der Waals surface area (Å²) in [5.74, 6) is 1.84. The molecule has 5 rings (SSSR count). The Balaban J connectivity index is 1.37. The van der Waals surface area contributed by atoms with Crippen molar-refractivity contribution >= 4 is 23.9 Å². The van der Waals surface area contributed by atoms with Gasteiger partial charge in [-0.05, 0) is 83.9 Å². The molecule has 2 aliphatic heterocycles. The fraction of sp³-hybridized carbons (Fsp3) is 0.538. The van der Waals surface area contributed by atoms with E-state index in [-0.39, 0.29) is 12.0 Å². The largest absolute Gasteiger partial charge is 0.458 e. The molecule has 3 heterocycles. The zero-order valence-electron chi connectivity index (χ0n) is 20.8. The average Bonchev–Trinajstić information content (AvgIpc) is 3.14.